The van der Waals surface area contributed by atoms with E-state index in [4.69, 9.17) is 4.74 Å². The van der Waals surface area contributed by atoms with Gasteiger partial charge in [0.05, 0.1) is 26.2 Å². The average Bonchev–Trinajstić information content (AvgIpc) is 2.64. The first kappa shape index (κ1) is 23.2. The van der Waals surface area contributed by atoms with Gasteiger partial charge in [0.15, 0.2) is 6.54 Å². The fraction of sp³-hybridized carbons (Fsp3) is 0.933. The number of hydrogen-bond donors (Lipinski definition) is 3. The SMILES string of the molecule is C[NH+]1CC[NH+](CC(=O)OC2CC3CCC(C2)[NH+]3C)CC1.[Cl-].[Cl-].[Cl-]. The maximum Gasteiger partial charge on any atom is 0.361 e. The molecule has 0 aliphatic carbocycles. The molecule has 23 heavy (non-hydrogen) atoms. The van der Waals surface area contributed by atoms with E-state index in [9.17, 15) is 4.79 Å². The molecule has 0 spiro atoms. The van der Waals surface area contributed by atoms with Gasteiger partial charge in [-0.1, -0.05) is 0 Å². The van der Waals surface area contributed by atoms with Gasteiger partial charge >= 0.3 is 5.97 Å². The van der Waals surface area contributed by atoms with Gasteiger partial charge in [-0.15, -0.1) is 0 Å². The van der Waals surface area contributed by atoms with E-state index >= 15 is 0 Å². The van der Waals surface area contributed by atoms with Crippen LogP contribution < -0.4 is 51.9 Å². The van der Waals surface area contributed by atoms with Crippen molar-refractivity contribution < 1.29 is 61.5 Å². The van der Waals surface area contributed by atoms with E-state index in [0.29, 0.717) is 6.54 Å². The van der Waals surface area contributed by atoms with Crippen molar-refractivity contribution in [2.45, 2.75) is 43.9 Å². The van der Waals surface area contributed by atoms with E-state index in [1.807, 2.05) is 0 Å². The number of piperazine rings is 1. The summed E-state index contributed by atoms with van der Waals surface area (Å²) in [5.74, 6) is 0.0310. The third-order valence-electron chi connectivity index (χ3n) is 5.75. The van der Waals surface area contributed by atoms with Crippen molar-refractivity contribution in [2.24, 2.45) is 0 Å². The number of hydrogen-bond acceptors (Lipinski definition) is 2. The number of likely N-dealkylation sites (N-methyl/N-ethyl adjacent to an activating group) is 1. The van der Waals surface area contributed by atoms with Crippen LogP contribution in [0.2, 0.25) is 0 Å². The summed E-state index contributed by atoms with van der Waals surface area (Å²) >= 11 is 0. The standard InChI is InChI=1S/C15H27N3O2.3ClH/c1-16-5-7-18(8-6-16)11-15(19)20-14-9-12-3-4-13(10-14)17(12)2;;;/h12-14H,3-11H2,1-2H3;3*1H. The van der Waals surface area contributed by atoms with Crippen LogP contribution in [0.25, 0.3) is 0 Å². The van der Waals surface area contributed by atoms with Gasteiger partial charge in [0, 0.05) is 25.7 Å². The number of carbonyl (C=O) groups is 1. The molecule has 3 heterocycles. The van der Waals surface area contributed by atoms with E-state index in [1.54, 1.807) is 9.80 Å². The van der Waals surface area contributed by atoms with Crippen LogP contribution in [-0.4, -0.2) is 71.0 Å². The van der Waals surface area contributed by atoms with Crippen LogP contribution >= 0.6 is 0 Å². The van der Waals surface area contributed by atoms with Crippen LogP contribution in [0.3, 0.4) is 0 Å². The number of carbonyl (C=O) groups excluding carboxylic acids is 1. The van der Waals surface area contributed by atoms with E-state index in [0.717, 1.165) is 38.0 Å². The van der Waals surface area contributed by atoms with Crippen LogP contribution in [-0.2, 0) is 9.53 Å². The van der Waals surface area contributed by atoms with Gasteiger partial charge in [-0.05, 0) is 0 Å². The van der Waals surface area contributed by atoms with Gasteiger partial charge in [-0.3, -0.25) is 0 Å². The molecule has 5 nitrogen and oxygen atoms in total. The third-order valence-corrected chi connectivity index (χ3v) is 5.75. The highest BCUT2D eigenvalue weighted by molar-refractivity contribution is 5.70. The van der Waals surface area contributed by atoms with Crippen molar-refractivity contribution in [3.63, 3.8) is 0 Å². The second kappa shape index (κ2) is 10.3. The van der Waals surface area contributed by atoms with E-state index < -0.39 is 0 Å². The molecule has 8 heteroatoms. The van der Waals surface area contributed by atoms with E-state index in [-0.39, 0.29) is 49.3 Å². The molecule has 0 radical (unpaired) electrons. The summed E-state index contributed by atoms with van der Waals surface area (Å²) in [6.07, 6.45) is 4.99. The number of esters is 1. The Morgan fingerprint density at radius 1 is 0.957 bits per heavy atom. The van der Waals surface area contributed by atoms with Gasteiger partial charge in [-0.2, -0.15) is 0 Å². The molecule has 0 saturated carbocycles. The normalized spacial score (nSPS) is 38.5. The summed E-state index contributed by atoms with van der Waals surface area (Å²) in [4.78, 5) is 16.8. The fourth-order valence-corrected chi connectivity index (χ4v) is 4.26. The Morgan fingerprint density at radius 3 is 2.00 bits per heavy atom. The number of rotatable bonds is 3. The Morgan fingerprint density at radius 2 is 1.48 bits per heavy atom. The van der Waals surface area contributed by atoms with Crippen molar-refractivity contribution in [1.82, 2.24) is 0 Å². The van der Waals surface area contributed by atoms with Crippen molar-refractivity contribution in [3.8, 4) is 0 Å². The molecule has 0 aromatic carbocycles. The number of ether oxygens (including phenoxy) is 1. The molecule has 0 amide bonds. The smallest absolute Gasteiger partial charge is 0.361 e. The van der Waals surface area contributed by atoms with Crippen LogP contribution in [0.15, 0.2) is 0 Å². The number of quaternary nitrogens is 3. The van der Waals surface area contributed by atoms with Gasteiger partial charge in [-0.25, -0.2) is 4.79 Å². The maximum absolute atomic E-state index is 12.1. The molecule has 3 aliphatic heterocycles. The zero-order valence-electron chi connectivity index (χ0n) is 14.0. The molecule has 3 rings (SSSR count). The lowest BCUT2D eigenvalue weighted by Gasteiger charge is -2.33. The Balaban J connectivity index is 0.00000161. The number of fused-ring (bicyclic) bond motifs is 2. The summed E-state index contributed by atoms with van der Waals surface area (Å²) in [6, 6.07) is 1.46. The van der Waals surface area contributed by atoms with Crippen LogP contribution in [0.4, 0.5) is 0 Å². The average molecular weight is 391 g/mol. The number of piperidine rings is 1. The Labute approximate surface area is 158 Å². The first-order valence-corrected chi connectivity index (χ1v) is 8.29. The Hall–Kier alpha value is 0.220. The highest BCUT2D eigenvalue weighted by atomic mass is 35.5. The predicted octanol–water partition coefficient (Wildman–Crippen LogP) is -12.8. The monoisotopic (exact) mass is 389 g/mol. The molecule has 138 valence electrons. The number of nitrogens with one attached hydrogen (secondary N) is 3. The molecule has 2 unspecified atom stereocenters. The topological polar surface area (TPSA) is 39.6 Å². The molecular weight excluding hydrogens is 361 g/mol. The summed E-state index contributed by atoms with van der Waals surface area (Å²) < 4.78 is 5.77. The zero-order chi connectivity index (χ0) is 14.1. The van der Waals surface area contributed by atoms with E-state index in [2.05, 4.69) is 14.1 Å². The minimum absolute atomic E-state index is 0. The second-order valence-corrected chi connectivity index (χ2v) is 7.18. The first-order chi connectivity index (χ1) is 9.61. The van der Waals surface area contributed by atoms with Crippen molar-refractivity contribution in [2.75, 3.05) is 46.8 Å². The molecule has 2 atom stereocenters. The van der Waals surface area contributed by atoms with E-state index in [1.165, 1.54) is 30.8 Å². The molecule has 3 aliphatic rings. The van der Waals surface area contributed by atoms with Gasteiger partial charge in [0.2, 0.25) is 0 Å². The summed E-state index contributed by atoms with van der Waals surface area (Å²) in [7, 11) is 4.53. The van der Waals surface area contributed by atoms with Crippen molar-refractivity contribution in [1.29, 1.82) is 0 Å². The molecule has 2 bridgehead atoms. The largest absolute Gasteiger partial charge is 1.00 e. The first-order valence-electron chi connectivity index (χ1n) is 8.29. The van der Waals surface area contributed by atoms with Crippen LogP contribution in [0, 0.1) is 0 Å². The van der Waals surface area contributed by atoms with Gasteiger partial charge in [0.25, 0.3) is 0 Å². The second-order valence-electron chi connectivity index (χ2n) is 7.18. The summed E-state index contributed by atoms with van der Waals surface area (Å²) in [5, 5.41) is 0. The van der Waals surface area contributed by atoms with Crippen molar-refractivity contribution >= 4 is 5.97 Å². The minimum Gasteiger partial charge on any atom is -1.00 e. The Kier molecular flexibility index (Phi) is 10.4. The molecule has 0 aromatic heterocycles. The lowest BCUT2D eigenvalue weighted by molar-refractivity contribution is -1.000. The van der Waals surface area contributed by atoms with Crippen molar-refractivity contribution in [3.05, 3.63) is 0 Å². The molecule has 0 aromatic rings. The van der Waals surface area contributed by atoms with Crippen LogP contribution in [0.5, 0.6) is 0 Å². The zero-order valence-corrected chi connectivity index (χ0v) is 16.3. The number of halogens is 3. The lowest BCUT2D eigenvalue weighted by atomic mass is 10.0. The molecule has 3 N–H and O–H groups in total. The lowest BCUT2D eigenvalue weighted by Crippen LogP contribution is -3.27. The summed E-state index contributed by atoms with van der Waals surface area (Å²) in [6.45, 7) is 5.12. The highest BCUT2D eigenvalue weighted by Crippen LogP contribution is 2.24. The predicted molar refractivity (Wildman–Crippen MR) is 75.0 cm³/mol. The quantitative estimate of drug-likeness (QED) is 0.419. The minimum atomic E-state index is 0. The maximum atomic E-state index is 12.1. The highest BCUT2D eigenvalue weighted by Gasteiger charge is 2.43. The fourth-order valence-electron chi connectivity index (χ4n) is 4.26. The molecule has 3 saturated heterocycles. The third kappa shape index (κ3) is 5.91. The van der Waals surface area contributed by atoms with Gasteiger partial charge in [0.1, 0.15) is 32.3 Å². The Bertz CT molecular complexity index is 354. The molecular formula is C15H30Cl3N3O2. The summed E-state index contributed by atoms with van der Waals surface area (Å²) in [5.41, 5.74) is 0. The van der Waals surface area contributed by atoms with Gasteiger partial charge < -0.3 is 56.7 Å². The molecule has 3 fully saturated rings. The van der Waals surface area contributed by atoms with Crippen LogP contribution in [0.1, 0.15) is 25.7 Å².